The fraction of sp³-hybridized carbons (Fsp3) is 0.875. The van der Waals surface area contributed by atoms with Crippen LogP contribution in [0, 0.1) is 23.7 Å². The van der Waals surface area contributed by atoms with E-state index >= 15 is 0 Å². The minimum atomic E-state index is -0.797. The van der Waals surface area contributed by atoms with Crippen LogP contribution in [0.5, 0.6) is 0 Å². The van der Waals surface area contributed by atoms with Gasteiger partial charge in [0.1, 0.15) is 0 Å². The number of aliphatic carboxylic acids is 1. The number of fused-ring (bicyclic) bond motifs is 3. The monoisotopic (exact) mass is 295 g/mol. The van der Waals surface area contributed by atoms with Gasteiger partial charge in [-0.15, -0.1) is 0 Å². The zero-order chi connectivity index (χ0) is 15.0. The molecule has 3 saturated carbocycles. The number of hydrogen-bond acceptors (Lipinski definition) is 3. The second-order valence-electron chi connectivity index (χ2n) is 6.91. The van der Waals surface area contributed by atoms with Gasteiger partial charge < -0.3 is 15.2 Å². The maximum Gasteiger partial charge on any atom is 0.307 e. The van der Waals surface area contributed by atoms with Crippen molar-refractivity contribution < 1.29 is 19.4 Å². The largest absolute Gasteiger partial charge is 0.481 e. The summed E-state index contributed by atoms with van der Waals surface area (Å²) in [7, 11) is 0. The van der Waals surface area contributed by atoms with Crippen LogP contribution in [0.2, 0.25) is 0 Å². The number of hydrogen-bond donors (Lipinski definition) is 2. The highest BCUT2D eigenvalue weighted by atomic mass is 16.5. The summed E-state index contributed by atoms with van der Waals surface area (Å²) < 4.78 is 5.61. The molecule has 4 rings (SSSR count). The second kappa shape index (κ2) is 5.95. The summed E-state index contributed by atoms with van der Waals surface area (Å²) in [5.74, 6) is -1.28. The summed E-state index contributed by atoms with van der Waals surface area (Å²) in [6.07, 6.45) is 6.02. The van der Waals surface area contributed by atoms with E-state index in [0.29, 0.717) is 0 Å². The first-order valence-corrected chi connectivity index (χ1v) is 8.22. The van der Waals surface area contributed by atoms with Crippen LogP contribution in [0.3, 0.4) is 0 Å². The molecule has 0 aromatic rings. The van der Waals surface area contributed by atoms with Crippen molar-refractivity contribution in [3.05, 3.63) is 0 Å². The predicted molar refractivity (Wildman–Crippen MR) is 76.6 cm³/mol. The van der Waals surface area contributed by atoms with E-state index in [1.165, 1.54) is 0 Å². The van der Waals surface area contributed by atoms with Crippen molar-refractivity contribution in [1.82, 2.24) is 5.32 Å². The van der Waals surface area contributed by atoms with Crippen molar-refractivity contribution in [2.75, 3.05) is 6.61 Å². The molecule has 0 radical (unpaired) electrons. The van der Waals surface area contributed by atoms with Gasteiger partial charge in [-0.25, -0.2) is 0 Å². The lowest BCUT2D eigenvalue weighted by molar-refractivity contribution is -0.158. The molecule has 1 amide bonds. The van der Waals surface area contributed by atoms with Crippen molar-refractivity contribution in [1.29, 1.82) is 0 Å². The van der Waals surface area contributed by atoms with Crippen LogP contribution in [0.15, 0.2) is 0 Å². The van der Waals surface area contributed by atoms with Gasteiger partial charge in [0.05, 0.1) is 24.0 Å². The molecule has 4 aliphatic rings. The van der Waals surface area contributed by atoms with Crippen LogP contribution < -0.4 is 5.32 Å². The third kappa shape index (κ3) is 2.80. The summed E-state index contributed by atoms with van der Waals surface area (Å²) in [5, 5.41) is 12.6. The number of ether oxygens (including phenoxy) is 1. The smallest absolute Gasteiger partial charge is 0.307 e. The van der Waals surface area contributed by atoms with Gasteiger partial charge in [0.15, 0.2) is 0 Å². The van der Waals surface area contributed by atoms with E-state index in [1.54, 1.807) is 0 Å². The molecule has 4 atom stereocenters. The molecular weight excluding hydrogens is 270 g/mol. The Morgan fingerprint density at radius 1 is 1.10 bits per heavy atom. The Morgan fingerprint density at radius 3 is 2.24 bits per heavy atom. The van der Waals surface area contributed by atoms with Crippen molar-refractivity contribution in [2.24, 2.45) is 23.7 Å². The van der Waals surface area contributed by atoms with Gasteiger partial charge in [0.2, 0.25) is 5.91 Å². The highest BCUT2D eigenvalue weighted by Gasteiger charge is 2.50. The SMILES string of the molecule is C[C@H](NC(=O)[C@@H]1C2CCC(CC2)[C@H]1C(=O)O)[C@H]1CCCO1. The lowest BCUT2D eigenvalue weighted by atomic mass is 9.58. The summed E-state index contributed by atoms with van der Waals surface area (Å²) in [6, 6.07) is -0.0325. The summed E-state index contributed by atoms with van der Waals surface area (Å²) in [6.45, 7) is 2.72. The lowest BCUT2D eigenvalue weighted by Crippen LogP contribution is -2.53. The molecular formula is C16H25NO4. The van der Waals surface area contributed by atoms with Gasteiger partial charge in [-0.3, -0.25) is 9.59 Å². The fourth-order valence-electron chi connectivity index (χ4n) is 4.59. The number of carboxylic acid groups (broad SMARTS) is 1. The molecule has 1 heterocycles. The number of nitrogens with one attached hydrogen (secondary N) is 1. The van der Waals surface area contributed by atoms with Crippen LogP contribution in [0.1, 0.15) is 45.4 Å². The number of carbonyl (C=O) groups is 2. The first-order chi connectivity index (χ1) is 10.1. The van der Waals surface area contributed by atoms with Crippen LogP contribution >= 0.6 is 0 Å². The zero-order valence-electron chi connectivity index (χ0n) is 12.6. The molecule has 3 aliphatic carbocycles. The first-order valence-electron chi connectivity index (χ1n) is 8.22. The quantitative estimate of drug-likeness (QED) is 0.829. The highest BCUT2D eigenvalue weighted by molar-refractivity contribution is 5.85. The molecule has 2 bridgehead atoms. The Kier molecular flexibility index (Phi) is 4.20. The van der Waals surface area contributed by atoms with E-state index in [9.17, 15) is 14.7 Å². The Bertz CT molecular complexity index is 411. The van der Waals surface area contributed by atoms with Crippen LogP contribution in [0.4, 0.5) is 0 Å². The van der Waals surface area contributed by atoms with Crippen LogP contribution in [-0.2, 0) is 14.3 Å². The van der Waals surface area contributed by atoms with Crippen molar-refractivity contribution >= 4 is 11.9 Å². The molecule has 1 aliphatic heterocycles. The first kappa shape index (κ1) is 14.8. The van der Waals surface area contributed by atoms with E-state index in [-0.39, 0.29) is 35.8 Å². The average Bonchev–Trinajstić information content (AvgIpc) is 3.01. The molecule has 5 nitrogen and oxygen atoms in total. The van der Waals surface area contributed by atoms with Crippen molar-refractivity contribution in [3.63, 3.8) is 0 Å². The van der Waals surface area contributed by atoms with E-state index in [4.69, 9.17) is 4.74 Å². The number of amides is 1. The molecule has 118 valence electrons. The molecule has 0 unspecified atom stereocenters. The van der Waals surface area contributed by atoms with Crippen molar-refractivity contribution in [2.45, 2.75) is 57.6 Å². The van der Waals surface area contributed by atoms with Gasteiger partial charge in [-0.2, -0.15) is 0 Å². The summed E-state index contributed by atoms with van der Waals surface area (Å²) in [4.78, 5) is 24.2. The average molecular weight is 295 g/mol. The van der Waals surface area contributed by atoms with Gasteiger partial charge in [0, 0.05) is 6.61 Å². The normalized spacial score (nSPS) is 40.0. The third-order valence-corrected chi connectivity index (χ3v) is 5.70. The minimum absolute atomic E-state index is 0.0325. The Morgan fingerprint density at radius 2 is 1.71 bits per heavy atom. The Balaban J connectivity index is 1.68. The van der Waals surface area contributed by atoms with E-state index in [2.05, 4.69) is 5.32 Å². The molecule has 21 heavy (non-hydrogen) atoms. The van der Waals surface area contributed by atoms with Gasteiger partial charge >= 0.3 is 5.97 Å². The molecule has 5 heteroatoms. The van der Waals surface area contributed by atoms with Crippen LogP contribution in [0.25, 0.3) is 0 Å². The minimum Gasteiger partial charge on any atom is -0.481 e. The number of carboxylic acids is 1. The number of carbonyl (C=O) groups excluding carboxylic acids is 1. The summed E-state index contributed by atoms with van der Waals surface area (Å²) >= 11 is 0. The van der Waals surface area contributed by atoms with Crippen molar-refractivity contribution in [3.8, 4) is 0 Å². The van der Waals surface area contributed by atoms with E-state index < -0.39 is 11.9 Å². The van der Waals surface area contributed by atoms with Gasteiger partial charge in [0.25, 0.3) is 0 Å². The number of rotatable bonds is 4. The molecule has 2 N–H and O–H groups in total. The maximum absolute atomic E-state index is 12.6. The third-order valence-electron chi connectivity index (χ3n) is 5.70. The molecule has 1 saturated heterocycles. The molecule has 4 fully saturated rings. The fourth-order valence-corrected chi connectivity index (χ4v) is 4.59. The topological polar surface area (TPSA) is 75.6 Å². The Hall–Kier alpha value is -1.10. The van der Waals surface area contributed by atoms with Crippen LogP contribution in [-0.4, -0.2) is 35.7 Å². The maximum atomic E-state index is 12.6. The zero-order valence-corrected chi connectivity index (χ0v) is 12.6. The Labute approximate surface area is 125 Å². The summed E-state index contributed by atoms with van der Waals surface area (Å²) in [5.41, 5.74) is 0. The van der Waals surface area contributed by atoms with Gasteiger partial charge in [-0.05, 0) is 57.3 Å². The standard InChI is InChI=1S/C16H25NO4/c1-9(12-3-2-8-21-12)17-15(18)13-10-4-6-11(7-5-10)14(13)16(19)20/h9-14H,2-8H2,1H3,(H,17,18)(H,19,20)/t9-,10?,11?,12+,13+,14+/m0/s1. The second-order valence-corrected chi connectivity index (χ2v) is 6.91. The lowest BCUT2D eigenvalue weighted by Gasteiger charge is -2.46. The highest BCUT2D eigenvalue weighted by Crippen LogP contribution is 2.49. The molecule has 0 aromatic heterocycles. The van der Waals surface area contributed by atoms with E-state index in [0.717, 1.165) is 45.1 Å². The predicted octanol–water partition coefficient (Wildman–Crippen LogP) is 1.81. The van der Waals surface area contributed by atoms with Gasteiger partial charge in [-0.1, -0.05) is 0 Å². The van der Waals surface area contributed by atoms with E-state index in [1.807, 2.05) is 6.92 Å². The molecule has 0 spiro atoms. The molecule has 0 aromatic carbocycles.